The van der Waals surface area contributed by atoms with Crippen molar-refractivity contribution in [1.29, 1.82) is 0 Å². The van der Waals surface area contributed by atoms with Crippen LogP contribution in [0.25, 0.3) is 10.9 Å². The maximum atomic E-state index is 5.94. The highest BCUT2D eigenvalue weighted by Gasteiger charge is 2.17. The maximum Gasteiger partial charge on any atom is 0.0705 e. The summed E-state index contributed by atoms with van der Waals surface area (Å²) in [4.78, 5) is 4.40. The third-order valence-electron chi connectivity index (χ3n) is 4.09. The first-order valence-electron chi connectivity index (χ1n) is 7.14. The Bertz CT molecular complexity index is 539. The highest BCUT2D eigenvalue weighted by atomic mass is 14.9. The summed E-state index contributed by atoms with van der Waals surface area (Å²) in [7, 11) is 0. The molecule has 1 aliphatic carbocycles. The van der Waals surface area contributed by atoms with E-state index in [1.807, 2.05) is 12.3 Å². The quantitative estimate of drug-likeness (QED) is 0.886. The van der Waals surface area contributed by atoms with Crippen LogP contribution in [0.5, 0.6) is 0 Å². The molecule has 1 aromatic carbocycles. The second-order valence-electron chi connectivity index (χ2n) is 5.48. The number of hydrogen-bond acceptors (Lipinski definition) is 3. The average Bonchev–Trinajstić information content (AvgIpc) is 2.47. The molecule has 0 radical (unpaired) electrons. The summed E-state index contributed by atoms with van der Waals surface area (Å²) in [5, 5.41) is 4.92. The molecule has 0 bridgehead atoms. The van der Waals surface area contributed by atoms with Crippen molar-refractivity contribution in [1.82, 2.24) is 10.3 Å². The molecule has 0 amide bonds. The molecule has 3 rings (SSSR count). The smallest absolute Gasteiger partial charge is 0.0705 e. The van der Waals surface area contributed by atoms with E-state index in [2.05, 4.69) is 34.6 Å². The van der Waals surface area contributed by atoms with Crippen LogP contribution in [0.1, 0.15) is 31.2 Å². The van der Waals surface area contributed by atoms with Gasteiger partial charge in [-0.1, -0.05) is 18.2 Å². The fourth-order valence-corrected chi connectivity index (χ4v) is 2.89. The summed E-state index contributed by atoms with van der Waals surface area (Å²) in [6, 6.07) is 11.5. The van der Waals surface area contributed by atoms with Gasteiger partial charge in [0.25, 0.3) is 0 Å². The number of fused-ring (bicyclic) bond motifs is 1. The first kappa shape index (κ1) is 12.6. The molecule has 0 spiro atoms. The molecule has 3 nitrogen and oxygen atoms in total. The third-order valence-corrected chi connectivity index (χ3v) is 4.09. The Labute approximate surface area is 114 Å². The van der Waals surface area contributed by atoms with E-state index in [0.29, 0.717) is 12.1 Å². The molecule has 0 unspecified atom stereocenters. The van der Waals surface area contributed by atoms with Gasteiger partial charge in [0.05, 0.1) is 5.52 Å². The first-order chi connectivity index (χ1) is 9.33. The Balaban J connectivity index is 1.68. The molecule has 3 N–H and O–H groups in total. The Kier molecular flexibility index (Phi) is 3.76. The summed E-state index contributed by atoms with van der Waals surface area (Å²) < 4.78 is 0. The number of nitrogens with zero attached hydrogens (tertiary/aromatic N) is 1. The van der Waals surface area contributed by atoms with Crippen LogP contribution in [0.2, 0.25) is 0 Å². The van der Waals surface area contributed by atoms with E-state index in [-0.39, 0.29) is 0 Å². The van der Waals surface area contributed by atoms with Gasteiger partial charge in [-0.2, -0.15) is 0 Å². The van der Waals surface area contributed by atoms with Gasteiger partial charge >= 0.3 is 0 Å². The van der Waals surface area contributed by atoms with Gasteiger partial charge in [-0.25, -0.2) is 0 Å². The zero-order valence-corrected chi connectivity index (χ0v) is 11.2. The van der Waals surface area contributed by atoms with E-state index in [0.717, 1.165) is 24.9 Å². The van der Waals surface area contributed by atoms with Gasteiger partial charge in [0, 0.05) is 30.2 Å². The highest BCUT2D eigenvalue weighted by Crippen LogP contribution is 2.19. The predicted molar refractivity (Wildman–Crippen MR) is 78.8 cm³/mol. The normalized spacial score (nSPS) is 23.6. The molecule has 19 heavy (non-hydrogen) atoms. The Morgan fingerprint density at radius 1 is 1.11 bits per heavy atom. The minimum absolute atomic E-state index is 0.416. The van der Waals surface area contributed by atoms with Gasteiger partial charge in [0.2, 0.25) is 0 Å². The zero-order valence-electron chi connectivity index (χ0n) is 11.2. The van der Waals surface area contributed by atoms with Crippen molar-refractivity contribution in [3.05, 3.63) is 42.1 Å². The van der Waals surface area contributed by atoms with Crippen LogP contribution in [0, 0.1) is 0 Å². The molecule has 2 aromatic rings. The van der Waals surface area contributed by atoms with Crippen LogP contribution in [0.3, 0.4) is 0 Å². The number of nitrogens with one attached hydrogen (secondary N) is 1. The van der Waals surface area contributed by atoms with Gasteiger partial charge in [-0.15, -0.1) is 0 Å². The van der Waals surface area contributed by atoms with Crippen LogP contribution in [-0.4, -0.2) is 17.1 Å². The molecule has 1 aliphatic rings. The van der Waals surface area contributed by atoms with E-state index >= 15 is 0 Å². The van der Waals surface area contributed by atoms with Crippen molar-refractivity contribution in [2.45, 2.75) is 44.3 Å². The largest absolute Gasteiger partial charge is 0.328 e. The molecule has 0 saturated heterocycles. The molecule has 0 atom stereocenters. The van der Waals surface area contributed by atoms with Crippen molar-refractivity contribution in [3.8, 4) is 0 Å². The molecule has 3 heteroatoms. The lowest BCUT2D eigenvalue weighted by Gasteiger charge is -2.27. The highest BCUT2D eigenvalue weighted by molar-refractivity contribution is 5.81. The average molecular weight is 255 g/mol. The number of aromatic nitrogens is 1. The van der Waals surface area contributed by atoms with Crippen LogP contribution in [0.15, 0.2) is 36.5 Å². The fraction of sp³-hybridized carbons (Fsp3) is 0.438. The van der Waals surface area contributed by atoms with E-state index in [1.54, 1.807) is 0 Å². The molecular formula is C16H21N3. The van der Waals surface area contributed by atoms with E-state index in [4.69, 9.17) is 5.73 Å². The number of nitrogens with two attached hydrogens (primary N) is 1. The van der Waals surface area contributed by atoms with Crippen molar-refractivity contribution in [2.75, 3.05) is 0 Å². The molecular weight excluding hydrogens is 234 g/mol. The van der Waals surface area contributed by atoms with Crippen molar-refractivity contribution in [3.63, 3.8) is 0 Å². The summed E-state index contributed by atoms with van der Waals surface area (Å²) in [5.74, 6) is 0. The monoisotopic (exact) mass is 255 g/mol. The van der Waals surface area contributed by atoms with Gasteiger partial charge < -0.3 is 11.1 Å². The van der Waals surface area contributed by atoms with Crippen molar-refractivity contribution >= 4 is 10.9 Å². The molecule has 1 aromatic heterocycles. The summed E-state index contributed by atoms with van der Waals surface area (Å²) in [5.41, 5.74) is 8.35. The molecule has 0 aliphatic heterocycles. The molecule has 1 saturated carbocycles. The molecule has 1 fully saturated rings. The minimum Gasteiger partial charge on any atom is -0.328 e. The Morgan fingerprint density at radius 2 is 1.89 bits per heavy atom. The van der Waals surface area contributed by atoms with Crippen LogP contribution in [0.4, 0.5) is 0 Å². The van der Waals surface area contributed by atoms with Crippen LogP contribution >= 0.6 is 0 Å². The third kappa shape index (κ3) is 2.94. The lowest BCUT2D eigenvalue weighted by Crippen LogP contribution is -2.37. The topological polar surface area (TPSA) is 50.9 Å². The van der Waals surface area contributed by atoms with Gasteiger partial charge in [-0.3, -0.25) is 4.98 Å². The summed E-state index contributed by atoms with van der Waals surface area (Å²) in [6.07, 6.45) is 6.59. The van der Waals surface area contributed by atoms with E-state index < -0.39 is 0 Å². The Hall–Kier alpha value is -1.45. The Morgan fingerprint density at radius 3 is 2.74 bits per heavy atom. The lowest BCUT2D eigenvalue weighted by atomic mass is 9.91. The SMILES string of the molecule is NC1CCC(NCc2ccnc3ccccc23)CC1. The fourth-order valence-electron chi connectivity index (χ4n) is 2.89. The van der Waals surface area contributed by atoms with Gasteiger partial charge in [-0.05, 0) is 43.4 Å². The second kappa shape index (κ2) is 5.68. The van der Waals surface area contributed by atoms with Crippen molar-refractivity contribution < 1.29 is 0 Å². The maximum absolute atomic E-state index is 5.94. The number of para-hydroxylation sites is 1. The number of rotatable bonds is 3. The van der Waals surface area contributed by atoms with E-state index in [1.165, 1.54) is 23.8 Å². The molecule has 1 heterocycles. The summed E-state index contributed by atoms with van der Waals surface area (Å²) in [6.45, 7) is 0.920. The number of pyridine rings is 1. The number of benzene rings is 1. The zero-order chi connectivity index (χ0) is 13.1. The van der Waals surface area contributed by atoms with Gasteiger partial charge in [0.1, 0.15) is 0 Å². The predicted octanol–water partition coefficient (Wildman–Crippen LogP) is 2.59. The summed E-state index contributed by atoms with van der Waals surface area (Å²) >= 11 is 0. The lowest BCUT2D eigenvalue weighted by molar-refractivity contribution is 0.342. The second-order valence-corrected chi connectivity index (χ2v) is 5.48. The van der Waals surface area contributed by atoms with Gasteiger partial charge in [0.15, 0.2) is 0 Å². The minimum atomic E-state index is 0.416. The van der Waals surface area contributed by atoms with Crippen molar-refractivity contribution in [2.24, 2.45) is 5.73 Å². The van der Waals surface area contributed by atoms with Crippen LogP contribution in [-0.2, 0) is 6.54 Å². The van der Waals surface area contributed by atoms with E-state index in [9.17, 15) is 0 Å². The van der Waals surface area contributed by atoms with Crippen LogP contribution < -0.4 is 11.1 Å². The number of hydrogen-bond donors (Lipinski definition) is 2. The standard InChI is InChI=1S/C16H21N3/c17-13-5-7-14(8-6-13)19-11-12-9-10-18-16-4-2-1-3-15(12)16/h1-4,9-10,13-14,19H,5-8,11,17H2. The molecule has 100 valence electrons. The first-order valence-corrected chi connectivity index (χ1v) is 7.14.